The minimum atomic E-state index is 0.598. The Hall–Kier alpha value is -8.41. The van der Waals surface area contributed by atoms with Gasteiger partial charge in [-0.1, -0.05) is 169 Å². The highest BCUT2D eigenvalue weighted by Gasteiger charge is 2.22. The number of benzene rings is 9. The van der Waals surface area contributed by atoms with Gasteiger partial charge in [0.25, 0.3) is 0 Å². The molecule has 12 aromatic rings. The van der Waals surface area contributed by atoms with Crippen LogP contribution in [0.3, 0.4) is 0 Å². The van der Waals surface area contributed by atoms with Crippen LogP contribution in [0.15, 0.2) is 218 Å². The standard InChI is InChI=1S/C58H39N5/c1-38-16-15-21-41(34-38)42-29-32-53-49(35-42)47-25-12-14-27-52(47)63(53)54-33-30-43(44-28-31-48-46-24-11-13-26-51(46)62(55(48)37-44)45-22-9-4-10-23-45)36-50(54)58-60-56(39-17-5-2-6-18-39)59-57(61-58)40-19-7-3-8-20-40/h2-37H,1H3. The van der Waals surface area contributed by atoms with Gasteiger partial charge in [-0.2, -0.15) is 0 Å². The van der Waals surface area contributed by atoms with Gasteiger partial charge >= 0.3 is 0 Å². The second-order valence-electron chi connectivity index (χ2n) is 16.1. The fourth-order valence-electron chi connectivity index (χ4n) is 9.26. The van der Waals surface area contributed by atoms with E-state index in [1.165, 1.54) is 43.8 Å². The van der Waals surface area contributed by atoms with E-state index in [0.717, 1.165) is 55.7 Å². The molecule has 0 aliphatic carbocycles. The van der Waals surface area contributed by atoms with Gasteiger partial charge in [0, 0.05) is 43.9 Å². The highest BCUT2D eigenvalue weighted by Crippen LogP contribution is 2.41. The van der Waals surface area contributed by atoms with Crippen LogP contribution in [-0.2, 0) is 0 Å². The molecule has 0 saturated carbocycles. The summed E-state index contributed by atoms with van der Waals surface area (Å²) in [6, 6.07) is 77.5. The van der Waals surface area contributed by atoms with E-state index in [0.29, 0.717) is 17.5 Å². The van der Waals surface area contributed by atoms with Crippen molar-refractivity contribution in [2.75, 3.05) is 0 Å². The summed E-state index contributed by atoms with van der Waals surface area (Å²) < 4.78 is 4.76. The summed E-state index contributed by atoms with van der Waals surface area (Å²) in [5, 5.41) is 4.80. The Balaban J connectivity index is 1.13. The number of para-hydroxylation sites is 3. The Labute approximate surface area is 364 Å². The quantitative estimate of drug-likeness (QED) is 0.161. The lowest BCUT2D eigenvalue weighted by molar-refractivity contribution is 1.06. The lowest BCUT2D eigenvalue weighted by atomic mass is 9.99. The van der Waals surface area contributed by atoms with Crippen LogP contribution in [0.1, 0.15) is 5.56 Å². The van der Waals surface area contributed by atoms with Crippen molar-refractivity contribution in [3.63, 3.8) is 0 Å². The van der Waals surface area contributed by atoms with Crippen molar-refractivity contribution < 1.29 is 0 Å². The monoisotopic (exact) mass is 805 g/mol. The Bertz CT molecular complexity index is 3620. The van der Waals surface area contributed by atoms with Gasteiger partial charge in [-0.05, 0) is 83.8 Å². The van der Waals surface area contributed by atoms with E-state index in [9.17, 15) is 0 Å². The van der Waals surface area contributed by atoms with Gasteiger partial charge in [0.2, 0.25) is 0 Å². The molecule has 3 heterocycles. The average molecular weight is 806 g/mol. The first-order valence-corrected chi connectivity index (χ1v) is 21.4. The first-order chi connectivity index (χ1) is 31.1. The highest BCUT2D eigenvalue weighted by molar-refractivity contribution is 6.12. The Morgan fingerprint density at radius 2 is 0.794 bits per heavy atom. The van der Waals surface area contributed by atoms with Crippen LogP contribution in [0.4, 0.5) is 0 Å². The molecule has 0 aliphatic heterocycles. The maximum atomic E-state index is 5.32. The number of rotatable bonds is 7. The topological polar surface area (TPSA) is 48.5 Å². The molecule has 0 saturated heterocycles. The second-order valence-corrected chi connectivity index (χ2v) is 16.1. The normalized spacial score (nSPS) is 11.6. The molecule has 296 valence electrons. The summed E-state index contributed by atoms with van der Waals surface area (Å²) in [5.41, 5.74) is 15.2. The van der Waals surface area contributed by atoms with Crippen LogP contribution in [-0.4, -0.2) is 24.1 Å². The minimum absolute atomic E-state index is 0.598. The van der Waals surface area contributed by atoms with Crippen molar-refractivity contribution in [3.8, 4) is 67.8 Å². The first kappa shape index (κ1) is 36.4. The summed E-state index contributed by atoms with van der Waals surface area (Å²) in [5.74, 6) is 1.84. The molecule has 0 spiro atoms. The Morgan fingerprint density at radius 1 is 0.302 bits per heavy atom. The SMILES string of the molecule is Cc1cccc(-c2ccc3c(c2)c2ccccc2n3-c2ccc(-c3ccc4c5ccccc5n(-c5ccccc5)c4c3)cc2-c2nc(-c3ccccc3)nc(-c3ccccc3)n2)c1. The van der Waals surface area contributed by atoms with Gasteiger partial charge in [0.05, 0.1) is 27.8 Å². The molecule has 0 unspecified atom stereocenters. The zero-order valence-electron chi connectivity index (χ0n) is 34.5. The maximum absolute atomic E-state index is 5.32. The third kappa shape index (κ3) is 6.29. The molecule has 5 heteroatoms. The molecule has 5 nitrogen and oxygen atoms in total. The molecular formula is C58H39N5. The zero-order valence-corrected chi connectivity index (χ0v) is 34.5. The lowest BCUT2D eigenvalue weighted by Crippen LogP contribution is -2.04. The summed E-state index contributed by atoms with van der Waals surface area (Å²) in [6.07, 6.45) is 0. The number of hydrogen-bond acceptors (Lipinski definition) is 3. The largest absolute Gasteiger partial charge is 0.309 e. The van der Waals surface area contributed by atoms with Crippen LogP contribution in [0.25, 0.3) is 111 Å². The third-order valence-electron chi connectivity index (χ3n) is 12.2. The van der Waals surface area contributed by atoms with Crippen molar-refractivity contribution in [2.45, 2.75) is 6.92 Å². The molecule has 9 aromatic carbocycles. The van der Waals surface area contributed by atoms with Crippen LogP contribution in [0.5, 0.6) is 0 Å². The Kier molecular flexibility index (Phi) is 8.64. The van der Waals surface area contributed by atoms with E-state index in [1.807, 2.05) is 36.4 Å². The highest BCUT2D eigenvalue weighted by atomic mass is 15.1. The number of nitrogens with zero attached hydrogens (tertiary/aromatic N) is 5. The van der Waals surface area contributed by atoms with Gasteiger partial charge < -0.3 is 9.13 Å². The van der Waals surface area contributed by atoms with Gasteiger partial charge in [-0.25, -0.2) is 15.0 Å². The molecule has 0 bridgehead atoms. The fraction of sp³-hybridized carbons (Fsp3) is 0.0172. The van der Waals surface area contributed by atoms with Gasteiger partial charge in [-0.3, -0.25) is 0 Å². The maximum Gasteiger partial charge on any atom is 0.166 e. The van der Waals surface area contributed by atoms with E-state index in [2.05, 4.69) is 198 Å². The molecule has 0 N–H and O–H groups in total. The van der Waals surface area contributed by atoms with E-state index in [4.69, 9.17) is 15.0 Å². The van der Waals surface area contributed by atoms with Crippen LogP contribution >= 0.6 is 0 Å². The molecule has 12 rings (SSSR count). The second kappa shape index (κ2) is 14.9. The van der Waals surface area contributed by atoms with Crippen molar-refractivity contribution in [3.05, 3.63) is 224 Å². The van der Waals surface area contributed by atoms with Crippen LogP contribution in [0.2, 0.25) is 0 Å². The minimum Gasteiger partial charge on any atom is -0.309 e. The van der Waals surface area contributed by atoms with Gasteiger partial charge in [0.1, 0.15) is 0 Å². The molecule has 0 fully saturated rings. The van der Waals surface area contributed by atoms with Gasteiger partial charge in [-0.15, -0.1) is 0 Å². The first-order valence-electron chi connectivity index (χ1n) is 21.4. The number of aromatic nitrogens is 5. The van der Waals surface area contributed by atoms with Gasteiger partial charge in [0.15, 0.2) is 17.5 Å². The number of hydrogen-bond donors (Lipinski definition) is 0. The molecular weight excluding hydrogens is 767 g/mol. The smallest absolute Gasteiger partial charge is 0.166 e. The summed E-state index contributed by atoms with van der Waals surface area (Å²) in [7, 11) is 0. The molecule has 63 heavy (non-hydrogen) atoms. The van der Waals surface area contributed by atoms with Crippen LogP contribution < -0.4 is 0 Å². The summed E-state index contributed by atoms with van der Waals surface area (Å²) in [6.45, 7) is 2.15. The number of fused-ring (bicyclic) bond motifs is 6. The van der Waals surface area contributed by atoms with Crippen LogP contribution in [0, 0.1) is 6.92 Å². The molecule has 0 atom stereocenters. The predicted molar refractivity (Wildman–Crippen MR) is 260 cm³/mol. The summed E-state index contributed by atoms with van der Waals surface area (Å²) in [4.78, 5) is 15.7. The zero-order chi connectivity index (χ0) is 41.9. The van der Waals surface area contributed by atoms with Crippen molar-refractivity contribution >= 4 is 43.6 Å². The van der Waals surface area contributed by atoms with E-state index >= 15 is 0 Å². The average Bonchev–Trinajstić information content (AvgIpc) is 3.86. The van der Waals surface area contributed by atoms with Crippen molar-refractivity contribution in [2.24, 2.45) is 0 Å². The molecule has 0 amide bonds. The molecule has 0 radical (unpaired) electrons. The lowest BCUT2D eigenvalue weighted by Gasteiger charge is -2.17. The predicted octanol–water partition coefficient (Wildman–Crippen LogP) is 14.7. The third-order valence-corrected chi connectivity index (χ3v) is 12.2. The van der Waals surface area contributed by atoms with E-state index in [1.54, 1.807) is 0 Å². The van der Waals surface area contributed by atoms with Crippen molar-refractivity contribution in [1.82, 2.24) is 24.1 Å². The summed E-state index contributed by atoms with van der Waals surface area (Å²) >= 11 is 0. The fourth-order valence-corrected chi connectivity index (χ4v) is 9.26. The molecule has 0 aliphatic rings. The Morgan fingerprint density at radius 3 is 1.49 bits per heavy atom. The number of aryl methyl sites for hydroxylation is 1. The van der Waals surface area contributed by atoms with E-state index < -0.39 is 0 Å². The van der Waals surface area contributed by atoms with Crippen molar-refractivity contribution in [1.29, 1.82) is 0 Å². The van der Waals surface area contributed by atoms with E-state index in [-0.39, 0.29) is 0 Å². The molecule has 3 aromatic heterocycles.